The minimum Gasteiger partial charge on any atom is -0.326 e. The molecular weight excluding hydrogens is 250 g/mol. The summed E-state index contributed by atoms with van der Waals surface area (Å²) in [6, 6.07) is 8.70. The van der Waals surface area contributed by atoms with Gasteiger partial charge in [-0.3, -0.25) is 9.78 Å². The number of aromatic nitrogens is 2. The van der Waals surface area contributed by atoms with E-state index in [1.807, 2.05) is 26.0 Å². The van der Waals surface area contributed by atoms with E-state index in [4.69, 9.17) is 11.6 Å². The van der Waals surface area contributed by atoms with Gasteiger partial charge >= 0.3 is 0 Å². The Bertz CT molecular complexity index is 590. The van der Waals surface area contributed by atoms with Crippen LogP contribution < -0.4 is 10.9 Å². The van der Waals surface area contributed by atoms with Crippen molar-refractivity contribution < 1.29 is 0 Å². The second-order valence-corrected chi connectivity index (χ2v) is 4.74. The van der Waals surface area contributed by atoms with Gasteiger partial charge in [0.1, 0.15) is 0 Å². The number of anilines is 2. The van der Waals surface area contributed by atoms with E-state index in [2.05, 4.69) is 15.3 Å². The van der Waals surface area contributed by atoms with Gasteiger partial charge in [-0.1, -0.05) is 25.4 Å². The minimum absolute atomic E-state index is 0.162. The molecule has 0 saturated carbocycles. The van der Waals surface area contributed by atoms with E-state index in [9.17, 15) is 4.79 Å². The molecule has 2 aromatic rings. The fourth-order valence-corrected chi connectivity index (χ4v) is 1.63. The highest BCUT2D eigenvalue weighted by molar-refractivity contribution is 6.30. The first-order valence-electron chi connectivity index (χ1n) is 5.68. The van der Waals surface area contributed by atoms with E-state index >= 15 is 0 Å². The van der Waals surface area contributed by atoms with E-state index in [1.54, 1.807) is 12.1 Å². The lowest BCUT2D eigenvalue weighted by Crippen LogP contribution is -2.12. The summed E-state index contributed by atoms with van der Waals surface area (Å²) in [4.78, 5) is 18.5. The number of nitrogens with one attached hydrogen (secondary N) is 2. The molecule has 18 heavy (non-hydrogen) atoms. The second-order valence-electron chi connectivity index (χ2n) is 4.31. The van der Waals surface area contributed by atoms with Crippen molar-refractivity contribution in [3.05, 3.63) is 51.4 Å². The van der Waals surface area contributed by atoms with Crippen LogP contribution in [0.15, 0.2) is 35.1 Å². The van der Waals surface area contributed by atoms with Crippen LogP contribution in [0.2, 0.25) is 5.02 Å². The third-order valence-corrected chi connectivity index (χ3v) is 2.71. The van der Waals surface area contributed by atoms with Crippen molar-refractivity contribution in [3.63, 3.8) is 0 Å². The van der Waals surface area contributed by atoms with Crippen molar-refractivity contribution >= 4 is 23.2 Å². The Morgan fingerprint density at radius 1 is 1.28 bits per heavy atom. The fraction of sp³-hybridized carbons (Fsp3) is 0.231. The quantitative estimate of drug-likeness (QED) is 0.893. The molecule has 1 aromatic heterocycles. The summed E-state index contributed by atoms with van der Waals surface area (Å²) in [6.45, 7) is 3.99. The number of halogens is 1. The maximum atomic E-state index is 11.5. The molecule has 0 radical (unpaired) electrons. The fourth-order valence-electron chi connectivity index (χ4n) is 1.50. The first-order chi connectivity index (χ1) is 8.54. The molecule has 5 heteroatoms. The van der Waals surface area contributed by atoms with E-state index in [0.717, 1.165) is 11.4 Å². The molecule has 0 saturated heterocycles. The standard InChI is InChI=1S/C13H14ClN3O/c1-8(2)11-7-12(18)17-13(16-11)15-10-5-3-9(14)4-6-10/h3-8H,1-2H3,(H2,15,16,17,18). The summed E-state index contributed by atoms with van der Waals surface area (Å²) >= 11 is 5.81. The van der Waals surface area contributed by atoms with Crippen LogP contribution >= 0.6 is 11.6 Å². The molecule has 0 aliphatic carbocycles. The van der Waals surface area contributed by atoms with Gasteiger partial charge < -0.3 is 5.32 Å². The van der Waals surface area contributed by atoms with Crippen molar-refractivity contribution in [1.29, 1.82) is 0 Å². The maximum absolute atomic E-state index is 11.5. The predicted octanol–water partition coefficient (Wildman–Crippen LogP) is 3.29. The number of rotatable bonds is 3. The Labute approximate surface area is 110 Å². The first kappa shape index (κ1) is 12.6. The van der Waals surface area contributed by atoms with Gasteiger partial charge in [-0.05, 0) is 30.2 Å². The summed E-state index contributed by atoms with van der Waals surface area (Å²) in [5.74, 6) is 0.645. The number of benzene rings is 1. The van der Waals surface area contributed by atoms with Gasteiger partial charge in [0.2, 0.25) is 5.95 Å². The normalized spacial score (nSPS) is 10.7. The number of nitrogens with zero attached hydrogens (tertiary/aromatic N) is 1. The zero-order chi connectivity index (χ0) is 13.1. The van der Waals surface area contributed by atoms with Gasteiger partial charge in [-0.25, -0.2) is 4.98 Å². The lowest BCUT2D eigenvalue weighted by Gasteiger charge is -2.08. The average Bonchev–Trinajstić information content (AvgIpc) is 2.31. The molecule has 2 rings (SSSR count). The molecule has 1 heterocycles. The molecular formula is C13H14ClN3O. The van der Waals surface area contributed by atoms with Crippen LogP contribution in [0.3, 0.4) is 0 Å². The number of H-pyrrole nitrogens is 1. The van der Waals surface area contributed by atoms with E-state index in [-0.39, 0.29) is 11.5 Å². The number of hydrogen-bond acceptors (Lipinski definition) is 3. The lowest BCUT2D eigenvalue weighted by molar-refractivity contribution is 0.812. The van der Waals surface area contributed by atoms with Crippen molar-refractivity contribution in [1.82, 2.24) is 9.97 Å². The Morgan fingerprint density at radius 2 is 1.94 bits per heavy atom. The molecule has 0 bridgehead atoms. The van der Waals surface area contributed by atoms with E-state index < -0.39 is 0 Å². The Hall–Kier alpha value is -1.81. The SMILES string of the molecule is CC(C)c1cc(=O)[nH]c(Nc2ccc(Cl)cc2)n1. The summed E-state index contributed by atoms with van der Waals surface area (Å²) in [5, 5.41) is 3.71. The summed E-state index contributed by atoms with van der Waals surface area (Å²) in [6.07, 6.45) is 0. The van der Waals surface area contributed by atoms with Crippen molar-refractivity contribution in [2.45, 2.75) is 19.8 Å². The minimum atomic E-state index is -0.162. The van der Waals surface area contributed by atoms with Gasteiger partial charge in [0.15, 0.2) is 0 Å². The van der Waals surface area contributed by atoms with Gasteiger partial charge in [0, 0.05) is 16.8 Å². The molecule has 0 unspecified atom stereocenters. The highest BCUT2D eigenvalue weighted by Gasteiger charge is 2.05. The highest BCUT2D eigenvalue weighted by Crippen LogP contribution is 2.17. The number of hydrogen-bond donors (Lipinski definition) is 2. The van der Waals surface area contributed by atoms with Crippen LogP contribution in [0, 0.1) is 0 Å². The monoisotopic (exact) mass is 263 g/mol. The van der Waals surface area contributed by atoms with Crippen LogP contribution in [-0.4, -0.2) is 9.97 Å². The summed E-state index contributed by atoms with van der Waals surface area (Å²) in [7, 11) is 0. The topological polar surface area (TPSA) is 57.8 Å². The van der Waals surface area contributed by atoms with Crippen LogP contribution in [0.25, 0.3) is 0 Å². The Morgan fingerprint density at radius 3 is 2.56 bits per heavy atom. The Kier molecular flexibility index (Phi) is 3.67. The molecule has 0 fully saturated rings. The van der Waals surface area contributed by atoms with Crippen LogP contribution in [-0.2, 0) is 0 Å². The molecule has 94 valence electrons. The molecule has 0 atom stereocenters. The lowest BCUT2D eigenvalue weighted by atomic mass is 10.1. The maximum Gasteiger partial charge on any atom is 0.252 e. The molecule has 2 N–H and O–H groups in total. The van der Waals surface area contributed by atoms with Crippen LogP contribution in [0.5, 0.6) is 0 Å². The number of aromatic amines is 1. The molecule has 0 aliphatic rings. The summed E-state index contributed by atoms with van der Waals surface area (Å²) in [5.41, 5.74) is 1.42. The van der Waals surface area contributed by atoms with Gasteiger partial charge in [-0.2, -0.15) is 0 Å². The molecule has 0 aliphatic heterocycles. The molecule has 0 spiro atoms. The average molecular weight is 264 g/mol. The van der Waals surface area contributed by atoms with Crippen LogP contribution in [0.1, 0.15) is 25.5 Å². The van der Waals surface area contributed by atoms with Crippen molar-refractivity contribution in [3.8, 4) is 0 Å². The van der Waals surface area contributed by atoms with Crippen LogP contribution in [0.4, 0.5) is 11.6 Å². The smallest absolute Gasteiger partial charge is 0.252 e. The van der Waals surface area contributed by atoms with Gasteiger partial charge in [-0.15, -0.1) is 0 Å². The van der Waals surface area contributed by atoms with Gasteiger partial charge in [0.25, 0.3) is 5.56 Å². The highest BCUT2D eigenvalue weighted by atomic mass is 35.5. The largest absolute Gasteiger partial charge is 0.326 e. The molecule has 1 aromatic carbocycles. The van der Waals surface area contributed by atoms with Crippen molar-refractivity contribution in [2.75, 3.05) is 5.32 Å². The third-order valence-electron chi connectivity index (χ3n) is 2.46. The molecule has 4 nitrogen and oxygen atoms in total. The predicted molar refractivity (Wildman–Crippen MR) is 73.7 cm³/mol. The third kappa shape index (κ3) is 3.11. The zero-order valence-electron chi connectivity index (χ0n) is 10.2. The zero-order valence-corrected chi connectivity index (χ0v) is 11.0. The van der Waals surface area contributed by atoms with E-state index in [0.29, 0.717) is 11.0 Å². The van der Waals surface area contributed by atoms with Gasteiger partial charge in [0.05, 0.1) is 5.69 Å². The first-order valence-corrected chi connectivity index (χ1v) is 6.06. The van der Waals surface area contributed by atoms with Crippen molar-refractivity contribution in [2.24, 2.45) is 0 Å². The van der Waals surface area contributed by atoms with E-state index in [1.165, 1.54) is 6.07 Å². The second kappa shape index (κ2) is 5.23. The molecule has 0 amide bonds. The summed E-state index contributed by atoms with van der Waals surface area (Å²) < 4.78 is 0. The Balaban J connectivity index is 2.28.